The molecule has 0 saturated heterocycles. The molecule has 0 radical (unpaired) electrons. The number of nitrogens with two attached hydrogens (primary N) is 1. The first-order valence-corrected chi connectivity index (χ1v) is 10.4. The van der Waals surface area contributed by atoms with Crippen molar-refractivity contribution in [2.75, 3.05) is 17.2 Å². The van der Waals surface area contributed by atoms with Crippen LogP contribution in [0.5, 0.6) is 0 Å². The molecule has 3 aromatic rings. The largest absolute Gasteiger partial charge is 0.394 e. The Hall–Kier alpha value is -3.75. The Labute approximate surface area is 184 Å². The van der Waals surface area contributed by atoms with Crippen molar-refractivity contribution in [3.05, 3.63) is 83.3 Å². The lowest BCUT2D eigenvalue weighted by Gasteiger charge is -2.32. The Balaban J connectivity index is 1.48. The van der Waals surface area contributed by atoms with Crippen molar-refractivity contribution in [2.24, 2.45) is 0 Å². The summed E-state index contributed by atoms with van der Waals surface area (Å²) in [5.41, 5.74) is 7.72. The number of benzene rings is 1. The summed E-state index contributed by atoms with van der Waals surface area (Å²) in [6.45, 7) is 7.09. The first-order valence-electron chi connectivity index (χ1n) is 10.4. The van der Waals surface area contributed by atoms with E-state index in [0.717, 1.165) is 23.1 Å². The Kier molecular flexibility index (Phi) is 5.20. The minimum absolute atomic E-state index is 0.0258. The van der Waals surface area contributed by atoms with Gasteiger partial charge < -0.3 is 20.9 Å². The molecular weight excluding hydrogens is 410 g/mol. The van der Waals surface area contributed by atoms with Crippen LogP contribution in [0.3, 0.4) is 0 Å². The molecule has 0 unspecified atom stereocenters. The van der Waals surface area contributed by atoms with E-state index in [2.05, 4.69) is 15.3 Å². The zero-order chi connectivity index (χ0) is 23.2. The highest BCUT2D eigenvalue weighted by molar-refractivity contribution is 5.90. The summed E-state index contributed by atoms with van der Waals surface area (Å²) in [4.78, 5) is 56.5. The Morgan fingerprint density at radius 3 is 2.59 bits per heavy atom. The van der Waals surface area contributed by atoms with Crippen molar-refractivity contribution in [1.82, 2.24) is 15.3 Å². The molecule has 1 aliphatic rings. The van der Waals surface area contributed by atoms with Crippen molar-refractivity contribution < 1.29 is 4.79 Å². The number of anilines is 2. The quantitative estimate of drug-likeness (QED) is 0.514. The van der Waals surface area contributed by atoms with Crippen LogP contribution in [-0.2, 0) is 24.9 Å². The molecule has 1 aromatic heterocycles. The van der Waals surface area contributed by atoms with Gasteiger partial charge in [0.1, 0.15) is 11.4 Å². The summed E-state index contributed by atoms with van der Waals surface area (Å²) in [6.07, 6.45) is 0.727. The van der Waals surface area contributed by atoms with E-state index >= 15 is 0 Å². The van der Waals surface area contributed by atoms with Gasteiger partial charge in [0, 0.05) is 31.1 Å². The molecule has 0 aliphatic carbocycles. The molecule has 32 heavy (non-hydrogen) atoms. The fraction of sp³-hybridized carbons (Fsp3) is 0.348. The molecule has 4 N–H and O–H groups in total. The number of nitrogens with zero attached hydrogens (tertiary/aromatic N) is 2. The average Bonchev–Trinajstić information content (AvgIpc) is 2.76. The van der Waals surface area contributed by atoms with Gasteiger partial charge in [-0.3, -0.25) is 19.2 Å². The maximum atomic E-state index is 12.6. The smallest absolute Gasteiger partial charge is 0.287 e. The molecule has 2 heterocycles. The maximum Gasteiger partial charge on any atom is 0.287 e. The van der Waals surface area contributed by atoms with Crippen molar-refractivity contribution >= 4 is 17.3 Å². The predicted molar refractivity (Wildman–Crippen MR) is 122 cm³/mol. The summed E-state index contributed by atoms with van der Waals surface area (Å²) in [6, 6.07) is 7.29. The number of H-pyrrole nitrogens is 1. The second-order valence-corrected chi connectivity index (χ2v) is 9.11. The van der Waals surface area contributed by atoms with E-state index in [9.17, 15) is 19.2 Å². The molecule has 0 atom stereocenters. The molecule has 1 aliphatic heterocycles. The number of aromatic amines is 1. The summed E-state index contributed by atoms with van der Waals surface area (Å²) < 4.78 is 0. The SMILES string of the molecule is CC(C)(C)c1cc(=O)[nH]c(C(=O)NCc2ccc3c(c2)CN(c2c(N)c(=O)c2=O)CC3)n1. The zero-order valence-electron chi connectivity index (χ0n) is 18.2. The Morgan fingerprint density at radius 1 is 1.16 bits per heavy atom. The van der Waals surface area contributed by atoms with Gasteiger partial charge in [0.05, 0.1) is 5.69 Å². The lowest BCUT2D eigenvalue weighted by Crippen LogP contribution is -2.44. The van der Waals surface area contributed by atoms with Gasteiger partial charge in [-0.15, -0.1) is 0 Å². The van der Waals surface area contributed by atoms with Gasteiger partial charge >= 0.3 is 0 Å². The number of aromatic nitrogens is 2. The number of amides is 1. The molecule has 0 saturated carbocycles. The van der Waals surface area contributed by atoms with Gasteiger partial charge in [-0.25, -0.2) is 4.98 Å². The third-order valence-electron chi connectivity index (χ3n) is 5.70. The number of hydrogen-bond acceptors (Lipinski definition) is 7. The molecule has 9 nitrogen and oxygen atoms in total. The number of carbonyl (C=O) groups is 1. The molecule has 0 spiro atoms. The average molecular weight is 435 g/mol. The van der Waals surface area contributed by atoms with Crippen molar-refractivity contribution in [1.29, 1.82) is 0 Å². The molecule has 166 valence electrons. The summed E-state index contributed by atoms with van der Waals surface area (Å²) in [7, 11) is 0. The lowest BCUT2D eigenvalue weighted by atomic mass is 9.92. The number of rotatable bonds is 4. The van der Waals surface area contributed by atoms with Gasteiger partial charge in [0.2, 0.25) is 0 Å². The molecular formula is C23H25N5O4. The van der Waals surface area contributed by atoms with E-state index < -0.39 is 16.8 Å². The van der Waals surface area contributed by atoms with Crippen molar-refractivity contribution in [3.63, 3.8) is 0 Å². The molecule has 2 aromatic carbocycles. The van der Waals surface area contributed by atoms with E-state index in [1.807, 2.05) is 43.9 Å². The summed E-state index contributed by atoms with van der Waals surface area (Å²) in [5, 5.41) is 2.79. The lowest BCUT2D eigenvalue weighted by molar-refractivity contribution is 0.0939. The van der Waals surface area contributed by atoms with Crippen LogP contribution in [0.25, 0.3) is 0 Å². The predicted octanol–water partition coefficient (Wildman–Crippen LogP) is 0.738. The number of nitrogens with one attached hydrogen (secondary N) is 2. The molecule has 1 amide bonds. The van der Waals surface area contributed by atoms with Crippen LogP contribution in [0.2, 0.25) is 0 Å². The number of carbonyl (C=O) groups excluding carboxylic acids is 1. The van der Waals surface area contributed by atoms with Crippen LogP contribution in [-0.4, -0.2) is 22.4 Å². The van der Waals surface area contributed by atoms with E-state index in [-0.39, 0.29) is 29.0 Å². The van der Waals surface area contributed by atoms with E-state index in [1.165, 1.54) is 6.07 Å². The third kappa shape index (κ3) is 3.93. The van der Waals surface area contributed by atoms with Gasteiger partial charge in [-0.2, -0.15) is 0 Å². The van der Waals surface area contributed by atoms with E-state index in [4.69, 9.17) is 5.73 Å². The highest BCUT2D eigenvalue weighted by atomic mass is 16.2. The minimum Gasteiger partial charge on any atom is -0.394 e. The number of nitrogen functional groups attached to an aromatic ring is 1. The van der Waals surface area contributed by atoms with Gasteiger partial charge in [-0.05, 0) is 23.1 Å². The van der Waals surface area contributed by atoms with Crippen molar-refractivity contribution in [3.8, 4) is 0 Å². The van der Waals surface area contributed by atoms with E-state index in [0.29, 0.717) is 24.5 Å². The highest BCUT2D eigenvalue weighted by Crippen LogP contribution is 2.26. The molecule has 0 bridgehead atoms. The van der Waals surface area contributed by atoms with Crippen LogP contribution in [0.15, 0.2) is 38.6 Å². The first kappa shape index (κ1) is 21.5. The van der Waals surface area contributed by atoms with Crippen molar-refractivity contribution in [2.45, 2.75) is 45.7 Å². The number of hydrogen-bond donors (Lipinski definition) is 3. The fourth-order valence-corrected chi connectivity index (χ4v) is 3.84. The second-order valence-electron chi connectivity index (χ2n) is 9.11. The fourth-order valence-electron chi connectivity index (χ4n) is 3.84. The summed E-state index contributed by atoms with van der Waals surface area (Å²) in [5.74, 6) is -0.494. The van der Waals surface area contributed by atoms with Crippen LogP contribution in [0, 0.1) is 0 Å². The minimum atomic E-state index is -0.621. The second kappa shape index (κ2) is 7.74. The first-order chi connectivity index (χ1) is 15.0. The van der Waals surface area contributed by atoms with Crippen LogP contribution in [0.1, 0.15) is 53.8 Å². The number of fused-ring (bicyclic) bond motifs is 1. The zero-order valence-corrected chi connectivity index (χ0v) is 18.2. The molecule has 4 rings (SSSR count). The summed E-state index contributed by atoms with van der Waals surface area (Å²) >= 11 is 0. The van der Waals surface area contributed by atoms with Gasteiger partial charge in [-0.1, -0.05) is 39.0 Å². The maximum absolute atomic E-state index is 12.6. The standard InChI is InChI=1S/C23H25N5O4/c1-23(2,3)15-9-16(29)27-21(26-15)22(32)25-10-12-4-5-13-6-7-28(11-14(13)8-12)18-17(24)19(30)20(18)31/h4-5,8-9H,6-7,10-11,24H2,1-3H3,(H,25,32)(H,26,27,29). The van der Waals surface area contributed by atoms with Crippen LogP contribution >= 0.6 is 0 Å². The van der Waals surface area contributed by atoms with E-state index in [1.54, 1.807) is 0 Å². The van der Waals surface area contributed by atoms with Gasteiger partial charge in [0.25, 0.3) is 22.3 Å². The monoisotopic (exact) mass is 435 g/mol. The third-order valence-corrected chi connectivity index (χ3v) is 5.70. The normalized spacial score (nSPS) is 13.8. The topological polar surface area (TPSA) is 138 Å². The Morgan fingerprint density at radius 2 is 1.91 bits per heavy atom. The highest BCUT2D eigenvalue weighted by Gasteiger charge is 2.27. The van der Waals surface area contributed by atoms with Gasteiger partial charge in [0.15, 0.2) is 5.82 Å². The molecule has 9 heteroatoms. The van der Waals surface area contributed by atoms with Crippen LogP contribution in [0.4, 0.5) is 11.4 Å². The Bertz CT molecular complexity index is 1340. The van der Waals surface area contributed by atoms with Crippen LogP contribution < -0.4 is 32.4 Å². The molecule has 0 fully saturated rings.